The van der Waals surface area contributed by atoms with Crippen molar-refractivity contribution in [3.63, 3.8) is 0 Å². The molecule has 24 heavy (non-hydrogen) atoms. The molecule has 1 aromatic carbocycles. The minimum absolute atomic E-state index is 0.00241. The average molecular weight is 455 g/mol. The van der Waals surface area contributed by atoms with Gasteiger partial charge in [0, 0.05) is 36.8 Å². The zero-order valence-corrected chi connectivity index (χ0v) is 16.3. The maximum atomic E-state index is 12.7. The van der Waals surface area contributed by atoms with E-state index >= 15 is 0 Å². The highest BCUT2D eigenvalue weighted by Crippen LogP contribution is 2.30. The number of amides is 1. The van der Waals surface area contributed by atoms with Gasteiger partial charge >= 0.3 is 0 Å². The normalized spacial score (nSPS) is 14.8. The maximum absolute atomic E-state index is 12.7. The van der Waals surface area contributed by atoms with E-state index < -0.39 is 0 Å². The van der Waals surface area contributed by atoms with Gasteiger partial charge in [0.25, 0.3) is 5.91 Å². The molecule has 2 aromatic rings. The number of hydrogen-bond acceptors (Lipinski definition) is 4. The molecule has 3 rings (SSSR count). The summed E-state index contributed by atoms with van der Waals surface area (Å²) >= 11 is 6.67. The summed E-state index contributed by atoms with van der Waals surface area (Å²) in [7, 11) is 0. The second-order valence-corrected chi connectivity index (χ2v) is 7.53. The van der Waals surface area contributed by atoms with Crippen molar-refractivity contribution in [3.8, 4) is 5.75 Å². The molecule has 2 heterocycles. The monoisotopic (exact) mass is 453 g/mol. The predicted molar refractivity (Wildman–Crippen MR) is 101 cm³/mol. The van der Waals surface area contributed by atoms with Gasteiger partial charge in [0.05, 0.1) is 10.0 Å². The third kappa shape index (κ3) is 3.57. The van der Waals surface area contributed by atoms with Gasteiger partial charge in [0.2, 0.25) is 0 Å². The molecule has 0 aliphatic carbocycles. The highest BCUT2D eigenvalue weighted by molar-refractivity contribution is 9.10. The summed E-state index contributed by atoms with van der Waals surface area (Å²) in [5.41, 5.74) is 1.28. The van der Waals surface area contributed by atoms with Crippen molar-refractivity contribution in [2.75, 3.05) is 31.1 Å². The van der Waals surface area contributed by atoms with E-state index in [0.717, 1.165) is 15.9 Å². The summed E-state index contributed by atoms with van der Waals surface area (Å²) in [6.07, 6.45) is 1.77. The molecule has 1 amide bonds. The number of anilines is 1. The first-order chi connectivity index (χ1) is 11.5. The molecule has 126 valence electrons. The number of aryl methyl sites for hydroxylation is 1. The second kappa shape index (κ2) is 7.11. The largest absolute Gasteiger partial charge is 0.506 e. The third-order valence-corrected chi connectivity index (χ3v) is 5.11. The smallest absolute Gasteiger partial charge is 0.257 e. The van der Waals surface area contributed by atoms with Crippen molar-refractivity contribution < 1.29 is 9.90 Å². The van der Waals surface area contributed by atoms with Gasteiger partial charge in [-0.3, -0.25) is 4.79 Å². The summed E-state index contributed by atoms with van der Waals surface area (Å²) in [6.45, 7) is 4.53. The van der Waals surface area contributed by atoms with Gasteiger partial charge in [0.1, 0.15) is 11.6 Å². The Morgan fingerprint density at radius 3 is 2.50 bits per heavy atom. The Balaban J connectivity index is 1.70. The number of carbonyl (C=O) groups excluding carboxylic acids is 1. The van der Waals surface area contributed by atoms with Gasteiger partial charge in [-0.05, 0) is 68.6 Å². The highest BCUT2D eigenvalue weighted by Gasteiger charge is 2.25. The number of aromatic nitrogens is 1. The van der Waals surface area contributed by atoms with E-state index in [-0.39, 0.29) is 11.7 Å². The van der Waals surface area contributed by atoms with Crippen LogP contribution >= 0.6 is 31.9 Å². The zero-order chi connectivity index (χ0) is 17.3. The van der Waals surface area contributed by atoms with Crippen LogP contribution < -0.4 is 4.90 Å². The average Bonchev–Trinajstić information content (AvgIpc) is 2.58. The number of carbonyl (C=O) groups is 1. The second-order valence-electron chi connectivity index (χ2n) is 5.76. The lowest BCUT2D eigenvalue weighted by Gasteiger charge is -2.35. The van der Waals surface area contributed by atoms with Crippen molar-refractivity contribution in [2.24, 2.45) is 0 Å². The van der Waals surface area contributed by atoms with Crippen LogP contribution in [0.25, 0.3) is 0 Å². The van der Waals surface area contributed by atoms with Crippen LogP contribution in [0.15, 0.2) is 39.4 Å². The maximum Gasteiger partial charge on any atom is 0.257 e. The van der Waals surface area contributed by atoms with E-state index in [1.165, 1.54) is 0 Å². The number of hydrogen-bond donors (Lipinski definition) is 1. The van der Waals surface area contributed by atoms with E-state index in [1.54, 1.807) is 23.2 Å². The summed E-state index contributed by atoms with van der Waals surface area (Å²) < 4.78 is 1.49. The number of benzene rings is 1. The number of aromatic hydroxyl groups is 1. The van der Waals surface area contributed by atoms with Gasteiger partial charge in [-0.15, -0.1) is 0 Å². The SMILES string of the molecule is Cc1cc(Br)c(O)c(C(=O)N2CCN(c3ccc(Br)cn3)CC2)c1. The lowest BCUT2D eigenvalue weighted by Crippen LogP contribution is -2.49. The summed E-state index contributed by atoms with van der Waals surface area (Å²) in [5, 5.41) is 10.2. The molecule has 1 N–H and O–H groups in total. The van der Waals surface area contributed by atoms with Crippen LogP contribution in [0, 0.1) is 6.92 Å². The molecule has 0 unspecified atom stereocenters. The Labute approximate surface area is 157 Å². The minimum Gasteiger partial charge on any atom is -0.506 e. The first-order valence-corrected chi connectivity index (χ1v) is 9.19. The number of pyridine rings is 1. The van der Waals surface area contributed by atoms with E-state index in [1.807, 2.05) is 19.1 Å². The molecule has 1 aliphatic rings. The fraction of sp³-hybridized carbons (Fsp3) is 0.294. The van der Waals surface area contributed by atoms with Crippen LogP contribution in [0.1, 0.15) is 15.9 Å². The summed E-state index contributed by atoms with van der Waals surface area (Å²) in [4.78, 5) is 21.0. The van der Waals surface area contributed by atoms with Gasteiger partial charge in [-0.1, -0.05) is 0 Å². The number of rotatable bonds is 2. The fourth-order valence-corrected chi connectivity index (χ4v) is 3.57. The van der Waals surface area contributed by atoms with Crippen LogP contribution in [0.5, 0.6) is 5.75 Å². The fourth-order valence-electron chi connectivity index (χ4n) is 2.76. The Morgan fingerprint density at radius 2 is 1.88 bits per heavy atom. The van der Waals surface area contributed by atoms with Crippen LogP contribution in [0.2, 0.25) is 0 Å². The van der Waals surface area contributed by atoms with Crippen molar-refractivity contribution in [2.45, 2.75) is 6.92 Å². The summed E-state index contributed by atoms with van der Waals surface area (Å²) in [6, 6.07) is 7.45. The molecule has 0 saturated carbocycles. The van der Waals surface area contributed by atoms with Gasteiger partial charge in [-0.25, -0.2) is 4.98 Å². The number of nitrogens with zero attached hydrogens (tertiary/aromatic N) is 3. The Bertz CT molecular complexity index is 757. The zero-order valence-electron chi connectivity index (χ0n) is 13.2. The summed E-state index contributed by atoms with van der Waals surface area (Å²) in [5.74, 6) is 0.773. The molecule has 0 spiro atoms. The van der Waals surface area contributed by atoms with Crippen LogP contribution in [0.3, 0.4) is 0 Å². The van der Waals surface area contributed by atoms with Gasteiger partial charge in [0.15, 0.2) is 0 Å². The molecule has 7 heteroatoms. The van der Waals surface area contributed by atoms with Gasteiger partial charge < -0.3 is 14.9 Å². The molecule has 1 saturated heterocycles. The first-order valence-electron chi connectivity index (χ1n) is 7.60. The van der Waals surface area contributed by atoms with Gasteiger partial charge in [-0.2, -0.15) is 0 Å². The number of halogens is 2. The molecular formula is C17H17Br2N3O2. The van der Waals surface area contributed by atoms with E-state index in [9.17, 15) is 9.90 Å². The van der Waals surface area contributed by atoms with Crippen LogP contribution in [0.4, 0.5) is 5.82 Å². The van der Waals surface area contributed by atoms with Crippen LogP contribution in [-0.4, -0.2) is 47.1 Å². The number of piperazine rings is 1. The van der Waals surface area contributed by atoms with E-state index in [0.29, 0.717) is 36.2 Å². The molecule has 0 bridgehead atoms. The van der Waals surface area contributed by atoms with Crippen molar-refractivity contribution in [1.82, 2.24) is 9.88 Å². The topological polar surface area (TPSA) is 56.7 Å². The molecule has 1 fully saturated rings. The molecule has 1 aromatic heterocycles. The standard InChI is InChI=1S/C17H17Br2N3O2/c1-11-8-13(16(23)14(19)9-11)17(24)22-6-4-21(5-7-22)15-3-2-12(18)10-20-15/h2-3,8-10,23H,4-7H2,1H3. The number of phenols is 1. The minimum atomic E-state index is -0.139. The molecule has 0 radical (unpaired) electrons. The van der Waals surface area contributed by atoms with Crippen LogP contribution in [-0.2, 0) is 0 Å². The quantitative estimate of drug-likeness (QED) is 0.753. The lowest BCUT2D eigenvalue weighted by molar-refractivity contribution is 0.0743. The Kier molecular flexibility index (Phi) is 5.10. The first kappa shape index (κ1) is 17.2. The van der Waals surface area contributed by atoms with Crippen molar-refractivity contribution >= 4 is 43.6 Å². The molecule has 0 atom stereocenters. The lowest BCUT2D eigenvalue weighted by atomic mass is 10.1. The van der Waals surface area contributed by atoms with E-state index in [2.05, 4.69) is 41.7 Å². The predicted octanol–water partition coefficient (Wildman–Crippen LogP) is 3.58. The third-order valence-electron chi connectivity index (χ3n) is 4.04. The van der Waals surface area contributed by atoms with Crippen molar-refractivity contribution in [1.29, 1.82) is 0 Å². The Hall–Kier alpha value is -1.60. The molecule has 1 aliphatic heterocycles. The Morgan fingerprint density at radius 1 is 1.17 bits per heavy atom. The molecule has 5 nitrogen and oxygen atoms in total. The van der Waals surface area contributed by atoms with E-state index in [4.69, 9.17) is 0 Å². The van der Waals surface area contributed by atoms with Crippen molar-refractivity contribution in [3.05, 3.63) is 50.5 Å². The highest BCUT2D eigenvalue weighted by atomic mass is 79.9. The number of phenolic OH excluding ortho intramolecular Hbond substituents is 1. The molecular weight excluding hydrogens is 438 g/mol.